The maximum absolute atomic E-state index is 11.3. The second-order valence-corrected chi connectivity index (χ2v) is 4.28. The van der Waals surface area contributed by atoms with Crippen molar-refractivity contribution in [2.75, 3.05) is 0 Å². The van der Waals surface area contributed by atoms with E-state index in [0.29, 0.717) is 0 Å². The molecule has 0 bridgehead atoms. The van der Waals surface area contributed by atoms with E-state index in [-0.39, 0.29) is 0 Å². The van der Waals surface area contributed by atoms with Crippen LogP contribution in [0, 0.1) is 5.41 Å². The molecule has 0 aliphatic rings. The van der Waals surface area contributed by atoms with E-state index in [1.807, 2.05) is 0 Å². The fourth-order valence-electron chi connectivity index (χ4n) is 1.44. The molecule has 5 nitrogen and oxygen atoms in total. The second kappa shape index (κ2) is 3.32. The summed E-state index contributed by atoms with van der Waals surface area (Å²) in [6, 6.07) is -0.846. The minimum Gasteiger partial charge on any atom is -0.480 e. The minimum absolute atomic E-state index is 0.396. The van der Waals surface area contributed by atoms with Crippen LogP contribution in [0.15, 0.2) is 17.2 Å². The van der Waals surface area contributed by atoms with Crippen LogP contribution < -0.4 is 5.69 Å². The lowest BCUT2D eigenvalue weighted by atomic mass is 9.86. The number of carboxylic acid groups (broad SMARTS) is 1. The van der Waals surface area contributed by atoms with Gasteiger partial charge in [0.25, 0.3) is 0 Å². The van der Waals surface area contributed by atoms with Gasteiger partial charge >= 0.3 is 11.7 Å². The number of carbonyl (C=O) groups is 1. The summed E-state index contributed by atoms with van der Waals surface area (Å²) < 4.78 is 1.20. The van der Waals surface area contributed by atoms with Gasteiger partial charge in [-0.3, -0.25) is 4.57 Å². The van der Waals surface area contributed by atoms with Gasteiger partial charge in [-0.15, -0.1) is 0 Å². The summed E-state index contributed by atoms with van der Waals surface area (Å²) in [5, 5.41) is 9.03. The molecule has 0 radical (unpaired) electrons. The largest absolute Gasteiger partial charge is 0.480 e. The first-order chi connectivity index (χ1) is 6.34. The van der Waals surface area contributed by atoms with E-state index in [2.05, 4.69) is 4.98 Å². The lowest BCUT2D eigenvalue weighted by Gasteiger charge is -2.27. The number of nitrogens with one attached hydrogen (secondary N) is 1. The van der Waals surface area contributed by atoms with E-state index in [1.54, 1.807) is 20.8 Å². The van der Waals surface area contributed by atoms with Crippen LogP contribution in [0.2, 0.25) is 0 Å². The van der Waals surface area contributed by atoms with E-state index >= 15 is 0 Å². The molecular formula is C9H14N2O3. The zero-order chi connectivity index (χ0) is 10.9. The van der Waals surface area contributed by atoms with Gasteiger partial charge in [-0.05, 0) is 5.41 Å². The van der Waals surface area contributed by atoms with Gasteiger partial charge in [0.1, 0.15) is 6.04 Å². The first-order valence-electron chi connectivity index (χ1n) is 4.32. The molecule has 0 aliphatic heterocycles. The first kappa shape index (κ1) is 10.6. The predicted molar refractivity (Wildman–Crippen MR) is 51.2 cm³/mol. The Kier molecular flexibility index (Phi) is 2.51. The molecule has 0 aliphatic carbocycles. The topological polar surface area (TPSA) is 75.1 Å². The Bertz CT molecular complexity index is 383. The molecule has 0 saturated carbocycles. The zero-order valence-corrected chi connectivity index (χ0v) is 8.44. The molecule has 0 saturated heterocycles. The van der Waals surface area contributed by atoms with Gasteiger partial charge in [-0.2, -0.15) is 0 Å². The smallest absolute Gasteiger partial charge is 0.327 e. The summed E-state index contributed by atoms with van der Waals surface area (Å²) in [6.45, 7) is 5.35. The van der Waals surface area contributed by atoms with E-state index in [1.165, 1.54) is 17.0 Å². The van der Waals surface area contributed by atoms with Crippen molar-refractivity contribution in [1.82, 2.24) is 9.55 Å². The Balaban J connectivity index is 3.21. The third kappa shape index (κ3) is 1.86. The summed E-state index contributed by atoms with van der Waals surface area (Å²) in [5.41, 5.74) is -0.898. The molecule has 0 aromatic carbocycles. The molecule has 1 aromatic rings. The van der Waals surface area contributed by atoms with E-state index < -0.39 is 23.1 Å². The number of carboxylic acids is 1. The summed E-state index contributed by atoms with van der Waals surface area (Å²) in [6.07, 6.45) is 2.89. The van der Waals surface area contributed by atoms with Crippen LogP contribution >= 0.6 is 0 Å². The van der Waals surface area contributed by atoms with Gasteiger partial charge in [0, 0.05) is 12.4 Å². The van der Waals surface area contributed by atoms with E-state index in [0.717, 1.165) is 0 Å². The number of hydrogen-bond donors (Lipinski definition) is 2. The van der Waals surface area contributed by atoms with Crippen molar-refractivity contribution in [3.8, 4) is 0 Å². The van der Waals surface area contributed by atoms with Crippen LogP contribution in [0.5, 0.6) is 0 Å². The highest BCUT2D eigenvalue weighted by Crippen LogP contribution is 2.29. The van der Waals surface area contributed by atoms with Crippen molar-refractivity contribution in [1.29, 1.82) is 0 Å². The lowest BCUT2D eigenvalue weighted by Crippen LogP contribution is -2.36. The Hall–Kier alpha value is -1.52. The Morgan fingerprint density at radius 2 is 2.14 bits per heavy atom. The number of aliphatic carboxylic acids is 1. The molecule has 0 amide bonds. The van der Waals surface area contributed by atoms with Crippen molar-refractivity contribution in [2.45, 2.75) is 26.8 Å². The number of nitrogens with zero attached hydrogens (tertiary/aromatic N) is 1. The molecule has 1 rings (SSSR count). The first-order valence-corrected chi connectivity index (χ1v) is 4.32. The molecule has 5 heteroatoms. The highest BCUT2D eigenvalue weighted by Gasteiger charge is 2.33. The van der Waals surface area contributed by atoms with Gasteiger partial charge in [0.2, 0.25) is 0 Å². The molecule has 1 atom stereocenters. The van der Waals surface area contributed by atoms with Crippen LogP contribution in [0.1, 0.15) is 26.8 Å². The number of hydrogen-bond acceptors (Lipinski definition) is 2. The number of aromatic amines is 1. The number of imidazole rings is 1. The van der Waals surface area contributed by atoms with Gasteiger partial charge in [-0.1, -0.05) is 20.8 Å². The van der Waals surface area contributed by atoms with E-state index in [9.17, 15) is 9.59 Å². The zero-order valence-electron chi connectivity index (χ0n) is 8.44. The molecule has 1 heterocycles. The fraction of sp³-hybridized carbons (Fsp3) is 0.556. The molecule has 1 aromatic heterocycles. The third-order valence-corrected chi connectivity index (χ3v) is 2.01. The maximum atomic E-state index is 11.3. The van der Waals surface area contributed by atoms with Crippen molar-refractivity contribution in [3.63, 3.8) is 0 Å². The molecule has 2 N–H and O–H groups in total. The summed E-state index contributed by atoms with van der Waals surface area (Å²) in [5.74, 6) is -1.00. The fourth-order valence-corrected chi connectivity index (χ4v) is 1.44. The van der Waals surface area contributed by atoms with Crippen LogP contribution in [-0.2, 0) is 4.79 Å². The summed E-state index contributed by atoms with van der Waals surface area (Å²) in [4.78, 5) is 24.7. The van der Waals surface area contributed by atoms with Gasteiger partial charge in [0.15, 0.2) is 0 Å². The molecular weight excluding hydrogens is 184 g/mol. The Labute approximate surface area is 81.4 Å². The van der Waals surface area contributed by atoms with Gasteiger partial charge in [0.05, 0.1) is 0 Å². The quantitative estimate of drug-likeness (QED) is 0.739. The minimum atomic E-state index is -1.00. The molecule has 14 heavy (non-hydrogen) atoms. The number of aromatic nitrogens is 2. The van der Waals surface area contributed by atoms with Crippen LogP contribution in [0.3, 0.4) is 0 Å². The van der Waals surface area contributed by atoms with Crippen LogP contribution in [-0.4, -0.2) is 20.6 Å². The average Bonchev–Trinajstić information content (AvgIpc) is 2.32. The highest BCUT2D eigenvalue weighted by molar-refractivity contribution is 5.72. The van der Waals surface area contributed by atoms with Crippen molar-refractivity contribution in [2.24, 2.45) is 5.41 Å². The normalized spacial score (nSPS) is 13.9. The standard InChI is InChI=1S/C9H14N2O3/c1-9(2,3)6(7(12)13)11-5-4-10-8(11)14/h4-6H,1-3H3,(H,10,14)(H,12,13). The monoisotopic (exact) mass is 198 g/mol. The van der Waals surface area contributed by atoms with Gasteiger partial charge < -0.3 is 10.1 Å². The molecule has 1 unspecified atom stereocenters. The summed E-state index contributed by atoms with van der Waals surface area (Å²) >= 11 is 0. The number of rotatable bonds is 2. The van der Waals surface area contributed by atoms with Gasteiger partial charge in [-0.25, -0.2) is 9.59 Å². The highest BCUT2D eigenvalue weighted by atomic mass is 16.4. The Morgan fingerprint density at radius 3 is 2.43 bits per heavy atom. The van der Waals surface area contributed by atoms with Crippen LogP contribution in [0.25, 0.3) is 0 Å². The molecule has 0 spiro atoms. The van der Waals surface area contributed by atoms with Crippen molar-refractivity contribution < 1.29 is 9.90 Å². The Morgan fingerprint density at radius 1 is 1.57 bits per heavy atom. The molecule has 0 fully saturated rings. The number of H-pyrrole nitrogens is 1. The second-order valence-electron chi connectivity index (χ2n) is 4.28. The third-order valence-electron chi connectivity index (χ3n) is 2.01. The van der Waals surface area contributed by atoms with Crippen molar-refractivity contribution in [3.05, 3.63) is 22.9 Å². The van der Waals surface area contributed by atoms with E-state index in [4.69, 9.17) is 5.11 Å². The molecule has 78 valence electrons. The lowest BCUT2D eigenvalue weighted by molar-refractivity contribution is -0.144. The SMILES string of the molecule is CC(C)(C)C(C(=O)O)n1cc[nH]c1=O. The maximum Gasteiger partial charge on any atom is 0.327 e. The predicted octanol–water partition coefficient (Wildman–Crippen LogP) is 0.848. The van der Waals surface area contributed by atoms with Crippen molar-refractivity contribution >= 4 is 5.97 Å². The average molecular weight is 198 g/mol. The summed E-state index contributed by atoms with van der Waals surface area (Å²) in [7, 11) is 0. The van der Waals surface area contributed by atoms with Crippen LogP contribution in [0.4, 0.5) is 0 Å².